The average molecular weight is 755 g/mol. The highest BCUT2D eigenvalue weighted by Gasteiger charge is 2.25. The van der Waals surface area contributed by atoms with Gasteiger partial charge in [0.25, 0.3) is 0 Å². The minimum absolute atomic E-state index is 0.894. The number of aromatic nitrogens is 1. The molecule has 3 heterocycles. The van der Waals surface area contributed by atoms with Gasteiger partial charge in [-0.2, -0.15) is 0 Å². The van der Waals surface area contributed by atoms with Crippen LogP contribution in [-0.4, -0.2) is 4.40 Å². The monoisotopic (exact) mass is 754 g/mol. The number of thiophene rings is 1. The van der Waals surface area contributed by atoms with Crippen LogP contribution in [0.2, 0.25) is 0 Å². The van der Waals surface area contributed by atoms with Crippen molar-refractivity contribution < 1.29 is 0 Å². The second-order valence-corrected chi connectivity index (χ2v) is 16.7. The predicted molar refractivity (Wildman–Crippen MR) is 248 cm³/mol. The fourth-order valence-electron chi connectivity index (χ4n) is 10.0. The van der Waals surface area contributed by atoms with E-state index < -0.39 is 0 Å². The maximum absolute atomic E-state index is 2.51. The third kappa shape index (κ3) is 4.54. The van der Waals surface area contributed by atoms with Crippen molar-refractivity contribution in [2.45, 2.75) is 6.42 Å². The van der Waals surface area contributed by atoms with Gasteiger partial charge in [0.15, 0.2) is 0 Å². The number of anilines is 3. The van der Waals surface area contributed by atoms with E-state index >= 15 is 0 Å². The maximum Gasteiger partial charge on any atom is 0.0620 e. The second kappa shape index (κ2) is 12.1. The van der Waals surface area contributed by atoms with E-state index in [4.69, 9.17) is 0 Å². The summed E-state index contributed by atoms with van der Waals surface area (Å²) in [5.41, 5.74) is 17.8. The van der Waals surface area contributed by atoms with Gasteiger partial charge >= 0.3 is 0 Å². The van der Waals surface area contributed by atoms with E-state index in [1.54, 1.807) is 0 Å². The van der Waals surface area contributed by atoms with Gasteiger partial charge in [-0.25, -0.2) is 0 Å². The van der Waals surface area contributed by atoms with Gasteiger partial charge in [-0.1, -0.05) is 146 Å². The molecule has 58 heavy (non-hydrogen) atoms. The lowest BCUT2D eigenvalue weighted by atomic mass is 9.97. The SMILES string of the molecule is c1ccc(-c2ccc(N(c3ccc4c(c3)Cc3cc(-c5cccc6c7cccc8c9ccccc9n(c56)c87)ccc3-4)c3cccc4sc5ccccc5c34)cc2)cc1. The Hall–Kier alpha value is -7.20. The van der Waals surface area contributed by atoms with Crippen LogP contribution in [0.1, 0.15) is 11.1 Å². The molecule has 1 aliphatic carbocycles. The third-order valence-electron chi connectivity index (χ3n) is 12.5. The first-order valence-corrected chi connectivity index (χ1v) is 20.9. The van der Waals surface area contributed by atoms with Crippen molar-refractivity contribution in [3.8, 4) is 33.4 Å². The maximum atomic E-state index is 2.51. The summed E-state index contributed by atoms with van der Waals surface area (Å²) in [5, 5.41) is 7.85. The lowest BCUT2D eigenvalue weighted by Crippen LogP contribution is -2.10. The first-order chi connectivity index (χ1) is 28.8. The van der Waals surface area contributed by atoms with Gasteiger partial charge in [0.05, 0.1) is 22.2 Å². The third-order valence-corrected chi connectivity index (χ3v) is 13.7. The van der Waals surface area contributed by atoms with Crippen molar-refractivity contribution in [1.29, 1.82) is 0 Å². The molecule has 0 amide bonds. The number of benzene rings is 9. The summed E-state index contributed by atoms with van der Waals surface area (Å²) < 4.78 is 5.12. The number of para-hydroxylation sites is 3. The van der Waals surface area contributed by atoms with Crippen molar-refractivity contribution in [1.82, 2.24) is 4.40 Å². The quantitative estimate of drug-likeness (QED) is 0.170. The molecule has 1 aliphatic rings. The van der Waals surface area contributed by atoms with Crippen molar-refractivity contribution in [3.63, 3.8) is 0 Å². The molecule has 0 fully saturated rings. The van der Waals surface area contributed by atoms with E-state index in [0.29, 0.717) is 0 Å². The van der Waals surface area contributed by atoms with E-state index in [9.17, 15) is 0 Å². The Morgan fingerprint density at radius 3 is 1.86 bits per heavy atom. The van der Waals surface area contributed by atoms with E-state index in [2.05, 4.69) is 203 Å². The number of hydrogen-bond acceptors (Lipinski definition) is 2. The Labute approximate surface area is 339 Å². The molecule has 9 aromatic carbocycles. The minimum atomic E-state index is 0.894. The number of rotatable bonds is 5. The van der Waals surface area contributed by atoms with Crippen LogP contribution in [0.15, 0.2) is 194 Å². The second-order valence-electron chi connectivity index (χ2n) is 15.6. The fourth-order valence-corrected chi connectivity index (χ4v) is 11.1. The average Bonchev–Trinajstić information content (AvgIpc) is 4.04. The van der Waals surface area contributed by atoms with Gasteiger partial charge in [-0.05, 0) is 93.9 Å². The summed E-state index contributed by atoms with van der Waals surface area (Å²) in [7, 11) is 0. The van der Waals surface area contributed by atoms with Crippen LogP contribution >= 0.6 is 11.3 Å². The molecule has 0 saturated carbocycles. The molecule has 0 radical (unpaired) electrons. The zero-order chi connectivity index (χ0) is 37.9. The van der Waals surface area contributed by atoms with Gasteiger partial charge in [0.2, 0.25) is 0 Å². The van der Waals surface area contributed by atoms with E-state index in [0.717, 1.165) is 12.1 Å². The van der Waals surface area contributed by atoms with Crippen LogP contribution in [0, 0.1) is 0 Å². The van der Waals surface area contributed by atoms with E-state index in [-0.39, 0.29) is 0 Å². The molecule has 270 valence electrons. The molecule has 0 spiro atoms. The number of fused-ring (bicyclic) bond motifs is 12. The van der Waals surface area contributed by atoms with Crippen molar-refractivity contribution in [2.75, 3.05) is 4.90 Å². The molecule has 0 N–H and O–H groups in total. The smallest absolute Gasteiger partial charge is 0.0620 e. The molecule has 0 aliphatic heterocycles. The van der Waals surface area contributed by atoms with Crippen LogP contribution in [0.3, 0.4) is 0 Å². The van der Waals surface area contributed by atoms with Gasteiger partial charge in [-0.15, -0.1) is 11.3 Å². The lowest BCUT2D eigenvalue weighted by molar-refractivity contribution is 1.24. The molecule has 0 unspecified atom stereocenters. The molecule has 0 bridgehead atoms. The van der Waals surface area contributed by atoms with Crippen molar-refractivity contribution in [3.05, 3.63) is 205 Å². The zero-order valence-corrected chi connectivity index (χ0v) is 32.3. The van der Waals surface area contributed by atoms with Crippen LogP contribution in [0.25, 0.3) is 91.6 Å². The van der Waals surface area contributed by atoms with E-state index in [1.165, 1.54) is 114 Å². The molecule has 3 heteroatoms. The zero-order valence-electron chi connectivity index (χ0n) is 31.5. The Bertz CT molecular complexity index is 3590. The predicted octanol–water partition coefficient (Wildman–Crippen LogP) is 15.6. The molecule has 12 aromatic rings. The number of nitrogens with zero attached hydrogens (tertiary/aromatic N) is 2. The van der Waals surface area contributed by atoms with Gasteiger partial charge in [0.1, 0.15) is 0 Å². The summed E-state index contributed by atoms with van der Waals surface area (Å²) in [4.78, 5) is 2.47. The normalized spacial score (nSPS) is 12.4. The molecule has 13 rings (SSSR count). The highest BCUT2D eigenvalue weighted by molar-refractivity contribution is 7.26. The van der Waals surface area contributed by atoms with Crippen LogP contribution in [-0.2, 0) is 6.42 Å². The summed E-state index contributed by atoms with van der Waals surface area (Å²) >= 11 is 1.87. The summed E-state index contributed by atoms with van der Waals surface area (Å²) in [6, 6.07) is 72.0. The first-order valence-electron chi connectivity index (χ1n) is 20.1. The minimum Gasteiger partial charge on any atom is -0.310 e. The molecule has 2 nitrogen and oxygen atoms in total. The number of hydrogen-bond donors (Lipinski definition) is 0. The van der Waals surface area contributed by atoms with Crippen LogP contribution in [0.4, 0.5) is 17.1 Å². The van der Waals surface area contributed by atoms with Crippen LogP contribution in [0.5, 0.6) is 0 Å². The van der Waals surface area contributed by atoms with Crippen LogP contribution < -0.4 is 4.90 Å². The van der Waals surface area contributed by atoms with Crippen molar-refractivity contribution in [2.24, 2.45) is 0 Å². The topological polar surface area (TPSA) is 7.65 Å². The Kier molecular flexibility index (Phi) is 6.69. The van der Waals surface area contributed by atoms with Gasteiger partial charge in [-0.3, -0.25) is 0 Å². The standard InChI is InChI=1S/C55H34N2S/c1-2-11-34(12-3-1)35-23-26-39(27-24-35)56(50-20-10-22-52-53(50)48-14-5-7-21-51(48)58-52)40-28-30-42-38(33-40)32-37-31-36(25-29-41(37)42)43-15-8-17-46-47-18-9-16-45-44-13-4-6-19-49(44)57(54(43)46)55(45)47/h1-31,33H,32H2. The fraction of sp³-hybridized carbons (Fsp3) is 0.0182. The summed E-state index contributed by atoms with van der Waals surface area (Å²) in [5.74, 6) is 0. The lowest BCUT2D eigenvalue weighted by Gasteiger charge is -2.27. The van der Waals surface area contributed by atoms with Crippen molar-refractivity contribution >= 4 is 86.7 Å². The Morgan fingerprint density at radius 2 is 1.00 bits per heavy atom. The Balaban J connectivity index is 0.944. The molecule has 0 saturated heterocycles. The molecule has 3 aromatic heterocycles. The summed E-state index contributed by atoms with van der Waals surface area (Å²) in [6.45, 7) is 0. The summed E-state index contributed by atoms with van der Waals surface area (Å²) in [6.07, 6.45) is 0.894. The Morgan fingerprint density at radius 1 is 0.397 bits per heavy atom. The molecular formula is C55H34N2S. The molecular weight excluding hydrogens is 721 g/mol. The van der Waals surface area contributed by atoms with E-state index in [1.807, 2.05) is 11.3 Å². The molecule has 0 atom stereocenters. The van der Waals surface area contributed by atoms with Gasteiger partial charge in [0, 0.05) is 58.7 Å². The highest BCUT2D eigenvalue weighted by atomic mass is 32.1. The van der Waals surface area contributed by atoms with Gasteiger partial charge < -0.3 is 9.30 Å². The highest BCUT2D eigenvalue weighted by Crippen LogP contribution is 2.48. The largest absolute Gasteiger partial charge is 0.310 e. The first kappa shape index (κ1) is 31.9.